The summed E-state index contributed by atoms with van der Waals surface area (Å²) in [5.74, 6) is 0. The lowest BCUT2D eigenvalue weighted by atomic mass is 9.85. The number of alkyl halides is 2. The van der Waals surface area contributed by atoms with E-state index in [4.69, 9.17) is 28.3 Å². The Kier molecular flexibility index (Phi) is 4.71. The maximum atomic E-state index is 9.42. The summed E-state index contributed by atoms with van der Waals surface area (Å²) in [7, 11) is 0. The molecule has 0 fully saturated rings. The predicted molar refractivity (Wildman–Crippen MR) is 47.0 cm³/mol. The van der Waals surface area contributed by atoms with E-state index in [2.05, 4.69) is 0 Å². The van der Waals surface area contributed by atoms with Gasteiger partial charge in [0.25, 0.3) is 0 Å². The molecule has 11 heavy (non-hydrogen) atoms. The van der Waals surface area contributed by atoms with Crippen molar-refractivity contribution in [2.24, 2.45) is 5.41 Å². The fraction of sp³-hybridized carbons (Fsp3) is 1.00. The summed E-state index contributed by atoms with van der Waals surface area (Å²) in [6, 6.07) is 0. The first-order valence-electron chi connectivity index (χ1n) is 3.56. The highest BCUT2D eigenvalue weighted by Gasteiger charge is 2.37. The highest BCUT2D eigenvalue weighted by Crippen LogP contribution is 2.33. The molecular weight excluding hydrogens is 187 g/mol. The van der Waals surface area contributed by atoms with Crippen molar-refractivity contribution in [3.63, 3.8) is 0 Å². The van der Waals surface area contributed by atoms with Crippen LogP contribution >= 0.6 is 23.2 Å². The van der Waals surface area contributed by atoms with Gasteiger partial charge in [-0.25, -0.2) is 0 Å². The van der Waals surface area contributed by atoms with Crippen LogP contribution in [0.2, 0.25) is 0 Å². The van der Waals surface area contributed by atoms with Gasteiger partial charge in [-0.2, -0.15) is 0 Å². The van der Waals surface area contributed by atoms with Crippen LogP contribution in [0.15, 0.2) is 0 Å². The Labute approximate surface area is 77.1 Å². The summed E-state index contributed by atoms with van der Waals surface area (Å²) in [6.07, 6.45) is -0.125. The van der Waals surface area contributed by atoms with Crippen LogP contribution in [0.1, 0.15) is 20.3 Å². The van der Waals surface area contributed by atoms with Gasteiger partial charge in [0.2, 0.25) is 0 Å². The predicted octanol–water partition coefficient (Wildman–Crippen LogP) is 1.56. The molecule has 0 rings (SSSR count). The monoisotopic (exact) mass is 200 g/mol. The second-order valence-electron chi connectivity index (χ2n) is 2.89. The van der Waals surface area contributed by atoms with E-state index in [1.807, 2.05) is 6.92 Å². The fourth-order valence-electron chi connectivity index (χ4n) is 0.786. The third kappa shape index (κ3) is 2.48. The molecule has 0 aliphatic carbocycles. The lowest BCUT2D eigenvalue weighted by molar-refractivity contribution is 0.00214. The van der Waals surface area contributed by atoms with E-state index >= 15 is 0 Å². The van der Waals surface area contributed by atoms with Gasteiger partial charge in [-0.1, -0.05) is 13.8 Å². The van der Waals surface area contributed by atoms with Gasteiger partial charge in [0, 0.05) is 5.41 Å². The standard InChI is InChI=1S/C7H14Cl2O2/c1-3-5(11)7(2,4-10)6(8)9/h5-6,10-11H,3-4H2,1-2H3. The van der Waals surface area contributed by atoms with E-state index in [0.29, 0.717) is 6.42 Å². The maximum absolute atomic E-state index is 9.42. The molecule has 2 N–H and O–H groups in total. The number of halogens is 2. The van der Waals surface area contributed by atoms with Crippen molar-refractivity contribution in [2.45, 2.75) is 31.2 Å². The van der Waals surface area contributed by atoms with Crippen LogP contribution in [0.5, 0.6) is 0 Å². The zero-order valence-corrected chi connectivity index (χ0v) is 8.23. The maximum Gasteiger partial charge on any atom is 0.117 e. The van der Waals surface area contributed by atoms with Crippen molar-refractivity contribution in [1.82, 2.24) is 0 Å². The topological polar surface area (TPSA) is 40.5 Å². The fourth-order valence-corrected chi connectivity index (χ4v) is 1.21. The molecule has 2 nitrogen and oxygen atoms in total. The second kappa shape index (κ2) is 4.51. The van der Waals surface area contributed by atoms with Gasteiger partial charge < -0.3 is 10.2 Å². The number of hydrogen-bond acceptors (Lipinski definition) is 2. The first kappa shape index (κ1) is 11.5. The molecule has 4 heteroatoms. The van der Waals surface area contributed by atoms with Crippen LogP contribution in [0.25, 0.3) is 0 Å². The van der Waals surface area contributed by atoms with Gasteiger partial charge >= 0.3 is 0 Å². The molecule has 0 aliphatic rings. The normalized spacial score (nSPS) is 19.9. The van der Waals surface area contributed by atoms with Crippen molar-refractivity contribution in [2.75, 3.05) is 6.61 Å². The molecule has 0 spiro atoms. The van der Waals surface area contributed by atoms with Gasteiger partial charge in [0.1, 0.15) is 4.84 Å². The number of rotatable bonds is 4. The summed E-state index contributed by atoms with van der Waals surface area (Å²) in [6.45, 7) is 3.26. The van der Waals surface area contributed by atoms with E-state index in [-0.39, 0.29) is 6.61 Å². The molecule has 0 saturated carbocycles. The lowest BCUT2D eigenvalue weighted by Gasteiger charge is -2.33. The van der Waals surface area contributed by atoms with E-state index in [1.54, 1.807) is 6.92 Å². The zero-order chi connectivity index (χ0) is 9.07. The van der Waals surface area contributed by atoms with Crippen LogP contribution in [0, 0.1) is 5.41 Å². The molecule has 2 unspecified atom stereocenters. The van der Waals surface area contributed by atoms with Crippen LogP contribution in [-0.2, 0) is 0 Å². The molecule has 0 saturated heterocycles. The third-order valence-corrected chi connectivity index (χ3v) is 2.98. The van der Waals surface area contributed by atoms with Gasteiger partial charge in [-0.15, -0.1) is 23.2 Å². The first-order valence-corrected chi connectivity index (χ1v) is 4.43. The SMILES string of the molecule is CCC(O)C(C)(CO)C(Cl)Cl. The molecule has 0 amide bonds. The van der Waals surface area contributed by atoms with Crippen molar-refractivity contribution in [1.29, 1.82) is 0 Å². The lowest BCUT2D eigenvalue weighted by Crippen LogP contribution is -2.40. The largest absolute Gasteiger partial charge is 0.396 e. The Morgan fingerprint density at radius 3 is 2.00 bits per heavy atom. The molecule has 0 aromatic rings. The molecule has 0 radical (unpaired) electrons. The average molecular weight is 201 g/mol. The summed E-state index contributed by atoms with van der Waals surface area (Å²) in [5.41, 5.74) is -0.808. The van der Waals surface area contributed by atoms with Gasteiger partial charge in [0.05, 0.1) is 12.7 Å². The number of hydrogen-bond donors (Lipinski definition) is 2. The molecule has 0 bridgehead atoms. The second-order valence-corrected chi connectivity index (χ2v) is 3.98. The summed E-state index contributed by atoms with van der Waals surface area (Å²) >= 11 is 11.2. The van der Waals surface area contributed by atoms with Gasteiger partial charge in [0.15, 0.2) is 0 Å². The van der Waals surface area contributed by atoms with Crippen molar-refractivity contribution < 1.29 is 10.2 Å². The third-order valence-electron chi connectivity index (χ3n) is 1.99. The smallest absolute Gasteiger partial charge is 0.117 e. The highest BCUT2D eigenvalue weighted by atomic mass is 35.5. The van der Waals surface area contributed by atoms with Crippen molar-refractivity contribution in [3.8, 4) is 0 Å². The Hall–Kier alpha value is 0.500. The minimum atomic E-state index is -0.808. The van der Waals surface area contributed by atoms with E-state index in [1.165, 1.54) is 0 Å². The minimum absolute atomic E-state index is 0.209. The number of aliphatic hydroxyl groups excluding tert-OH is 2. The van der Waals surface area contributed by atoms with Crippen LogP contribution in [0.3, 0.4) is 0 Å². The molecule has 0 aromatic heterocycles. The van der Waals surface area contributed by atoms with Gasteiger partial charge in [-0.05, 0) is 6.42 Å². The van der Waals surface area contributed by atoms with Crippen LogP contribution < -0.4 is 0 Å². The molecule has 0 aromatic carbocycles. The molecule has 0 heterocycles. The molecular formula is C7H14Cl2O2. The first-order chi connectivity index (χ1) is 4.99. The van der Waals surface area contributed by atoms with Crippen molar-refractivity contribution >= 4 is 23.2 Å². The van der Waals surface area contributed by atoms with E-state index in [9.17, 15) is 5.11 Å². The molecule has 2 atom stereocenters. The summed E-state index contributed by atoms with van der Waals surface area (Å²) in [4.78, 5) is -0.748. The van der Waals surface area contributed by atoms with E-state index in [0.717, 1.165) is 0 Å². The minimum Gasteiger partial charge on any atom is -0.396 e. The van der Waals surface area contributed by atoms with Crippen LogP contribution in [-0.4, -0.2) is 27.8 Å². The quantitative estimate of drug-likeness (QED) is 0.677. The Morgan fingerprint density at radius 1 is 1.45 bits per heavy atom. The average Bonchev–Trinajstić information content (AvgIpc) is 2.01. The Bertz CT molecular complexity index is 119. The molecule has 68 valence electrons. The Balaban J connectivity index is 4.32. The summed E-state index contributed by atoms with van der Waals surface area (Å²) < 4.78 is 0. The Morgan fingerprint density at radius 2 is 1.91 bits per heavy atom. The van der Waals surface area contributed by atoms with Crippen molar-refractivity contribution in [3.05, 3.63) is 0 Å². The zero-order valence-electron chi connectivity index (χ0n) is 6.72. The van der Waals surface area contributed by atoms with Crippen LogP contribution in [0.4, 0.5) is 0 Å². The van der Waals surface area contributed by atoms with E-state index < -0.39 is 16.4 Å². The summed E-state index contributed by atoms with van der Waals surface area (Å²) in [5, 5.41) is 18.3. The highest BCUT2D eigenvalue weighted by molar-refractivity contribution is 6.44. The molecule has 0 aliphatic heterocycles. The number of aliphatic hydroxyl groups is 2. The van der Waals surface area contributed by atoms with Gasteiger partial charge in [-0.3, -0.25) is 0 Å².